The van der Waals surface area contributed by atoms with Crippen molar-refractivity contribution in [1.82, 2.24) is 4.98 Å². The van der Waals surface area contributed by atoms with Gasteiger partial charge >= 0.3 is 0 Å². The van der Waals surface area contributed by atoms with Crippen LogP contribution >= 0.6 is 0 Å². The number of carbonyl (C=O) groups excluding carboxylic acids is 1. The quantitative estimate of drug-likeness (QED) is 0.904. The summed E-state index contributed by atoms with van der Waals surface area (Å²) in [5, 5.41) is 12.0. The summed E-state index contributed by atoms with van der Waals surface area (Å²) in [6, 6.07) is 5.52. The minimum atomic E-state index is -1.00. The molecule has 6 nitrogen and oxygen atoms in total. The molecule has 2 heterocycles. The molecule has 0 unspecified atom stereocenters. The predicted octanol–water partition coefficient (Wildman–Crippen LogP) is 1.74. The van der Waals surface area contributed by atoms with Crippen LogP contribution in [0.5, 0.6) is 5.88 Å². The molecule has 1 aromatic heterocycles. The number of nitrogens with one attached hydrogen (secondary N) is 1. The number of nitriles is 1. The molecule has 1 aliphatic heterocycles. The zero-order valence-electron chi connectivity index (χ0n) is 11.4. The Bertz CT molecular complexity index is 501. The van der Waals surface area contributed by atoms with Crippen LogP contribution < -0.4 is 10.1 Å². The van der Waals surface area contributed by atoms with Gasteiger partial charge in [-0.2, -0.15) is 5.26 Å². The van der Waals surface area contributed by atoms with Crippen LogP contribution in [0.25, 0.3) is 0 Å². The van der Waals surface area contributed by atoms with E-state index in [0.29, 0.717) is 44.2 Å². The van der Waals surface area contributed by atoms with Gasteiger partial charge in [-0.3, -0.25) is 4.79 Å². The summed E-state index contributed by atoms with van der Waals surface area (Å²) in [5.41, 5.74) is -0.448. The molecule has 1 N–H and O–H groups in total. The lowest BCUT2D eigenvalue weighted by Crippen LogP contribution is -2.39. The van der Waals surface area contributed by atoms with E-state index in [1.54, 1.807) is 12.1 Å². The smallest absolute Gasteiger partial charge is 0.245 e. The molecule has 1 aromatic rings. The molecule has 0 saturated carbocycles. The highest BCUT2D eigenvalue weighted by molar-refractivity contribution is 5.97. The summed E-state index contributed by atoms with van der Waals surface area (Å²) < 4.78 is 10.4. The highest BCUT2D eigenvalue weighted by atomic mass is 16.5. The van der Waals surface area contributed by atoms with Crippen molar-refractivity contribution in [2.24, 2.45) is 5.41 Å². The standard InChI is InChI=1S/C14H17N3O3/c1-2-20-12-4-3-11(9-16-12)17-13(18)14(10-15)5-7-19-8-6-14/h3-4,9H,2,5-8H2,1H3,(H,17,18). The summed E-state index contributed by atoms with van der Waals surface area (Å²) in [5.74, 6) is 0.209. The Hall–Kier alpha value is -2.13. The number of hydrogen-bond donors (Lipinski definition) is 1. The first-order valence-corrected chi connectivity index (χ1v) is 6.59. The van der Waals surface area contributed by atoms with Gasteiger partial charge in [0.1, 0.15) is 5.41 Å². The number of nitrogens with zero attached hydrogens (tertiary/aromatic N) is 2. The third kappa shape index (κ3) is 3.06. The molecule has 2 rings (SSSR count). The van der Waals surface area contributed by atoms with E-state index in [0.717, 1.165) is 0 Å². The average Bonchev–Trinajstić information content (AvgIpc) is 2.50. The van der Waals surface area contributed by atoms with Crippen LogP contribution in [-0.4, -0.2) is 30.7 Å². The second kappa shape index (κ2) is 6.35. The van der Waals surface area contributed by atoms with Gasteiger partial charge in [0.25, 0.3) is 0 Å². The van der Waals surface area contributed by atoms with Crippen molar-refractivity contribution >= 4 is 11.6 Å². The Kier molecular flexibility index (Phi) is 4.53. The second-order valence-electron chi connectivity index (χ2n) is 4.58. The first-order valence-electron chi connectivity index (χ1n) is 6.59. The normalized spacial score (nSPS) is 17.0. The number of rotatable bonds is 4. The predicted molar refractivity (Wildman–Crippen MR) is 72.1 cm³/mol. The van der Waals surface area contributed by atoms with Crippen LogP contribution in [-0.2, 0) is 9.53 Å². The Morgan fingerprint density at radius 1 is 1.55 bits per heavy atom. The summed E-state index contributed by atoms with van der Waals surface area (Å²) in [7, 11) is 0. The number of aromatic nitrogens is 1. The van der Waals surface area contributed by atoms with Crippen LogP contribution in [0.3, 0.4) is 0 Å². The van der Waals surface area contributed by atoms with Gasteiger partial charge in [0.15, 0.2) is 0 Å². The maximum absolute atomic E-state index is 12.3. The molecule has 0 spiro atoms. The molecule has 0 bridgehead atoms. The van der Waals surface area contributed by atoms with Crippen molar-refractivity contribution in [1.29, 1.82) is 5.26 Å². The van der Waals surface area contributed by atoms with E-state index in [4.69, 9.17) is 9.47 Å². The molecular formula is C14H17N3O3. The molecule has 0 radical (unpaired) electrons. The van der Waals surface area contributed by atoms with E-state index in [1.807, 2.05) is 6.92 Å². The van der Waals surface area contributed by atoms with Crippen LogP contribution in [0.4, 0.5) is 5.69 Å². The fourth-order valence-electron chi connectivity index (χ4n) is 2.05. The van der Waals surface area contributed by atoms with Gasteiger partial charge < -0.3 is 14.8 Å². The molecule has 20 heavy (non-hydrogen) atoms. The van der Waals surface area contributed by atoms with Gasteiger partial charge in [-0.15, -0.1) is 0 Å². The van der Waals surface area contributed by atoms with Gasteiger partial charge in [-0.1, -0.05) is 0 Å². The number of hydrogen-bond acceptors (Lipinski definition) is 5. The Balaban J connectivity index is 2.05. The lowest BCUT2D eigenvalue weighted by atomic mass is 9.81. The summed E-state index contributed by atoms with van der Waals surface area (Å²) in [6.07, 6.45) is 2.35. The zero-order valence-corrected chi connectivity index (χ0v) is 11.4. The van der Waals surface area contributed by atoms with Gasteiger partial charge in [0, 0.05) is 19.3 Å². The largest absolute Gasteiger partial charge is 0.478 e. The van der Waals surface area contributed by atoms with Gasteiger partial charge in [0.05, 0.1) is 24.6 Å². The van der Waals surface area contributed by atoms with E-state index in [1.165, 1.54) is 6.20 Å². The van der Waals surface area contributed by atoms with Crippen molar-refractivity contribution in [3.05, 3.63) is 18.3 Å². The van der Waals surface area contributed by atoms with Crippen molar-refractivity contribution in [3.63, 3.8) is 0 Å². The highest BCUT2D eigenvalue weighted by Gasteiger charge is 2.40. The van der Waals surface area contributed by atoms with Crippen molar-refractivity contribution in [2.45, 2.75) is 19.8 Å². The lowest BCUT2D eigenvalue weighted by Gasteiger charge is -2.29. The lowest BCUT2D eigenvalue weighted by molar-refractivity contribution is -0.126. The van der Waals surface area contributed by atoms with E-state index in [-0.39, 0.29) is 5.91 Å². The van der Waals surface area contributed by atoms with Gasteiger partial charge in [-0.05, 0) is 25.8 Å². The molecule has 0 aliphatic carbocycles. The number of ether oxygens (including phenoxy) is 2. The molecule has 1 saturated heterocycles. The fourth-order valence-corrected chi connectivity index (χ4v) is 2.05. The molecular weight excluding hydrogens is 258 g/mol. The number of pyridine rings is 1. The zero-order chi connectivity index (χ0) is 14.4. The topological polar surface area (TPSA) is 84.2 Å². The fraction of sp³-hybridized carbons (Fsp3) is 0.500. The highest BCUT2D eigenvalue weighted by Crippen LogP contribution is 2.31. The minimum absolute atomic E-state index is 0.297. The first kappa shape index (κ1) is 14.3. The molecule has 0 atom stereocenters. The second-order valence-corrected chi connectivity index (χ2v) is 4.58. The van der Waals surface area contributed by atoms with Crippen LogP contribution in [0.15, 0.2) is 18.3 Å². The molecule has 1 amide bonds. The SMILES string of the molecule is CCOc1ccc(NC(=O)C2(C#N)CCOCC2)cn1. The van der Waals surface area contributed by atoms with Crippen LogP contribution in [0, 0.1) is 16.7 Å². The number of anilines is 1. The Labute approximate surface area is 117 Å². The van der Waals surface area contributed by atoms with Crippen molar-refractivity contribution in [3.8, 4) is 11.9 Å². The maximum Gasteiger partial charge on any atom is 0.245 e. The van der Waals surface area contributed by atoms with Crippen molar-refractivity contribution in [2.75, 3.05) is 25.1 Å². The van der Waals surface area contributed by atoms with Crippen molar-refractivity contribution < 1.29 is 14.3 Å². The summed E-state index contributed by atoms with van der Waals surface area (Å²) in [6.45, 7) is 3.28. The minimum Gasteiger partial charge on any atom is -0.478 e. The monoisotopic (exact) mass is 275 g/mol. The van der Waals surface area contributed by atoms with Crippen LogP contribution in [0.2, 0.25) is 0 Å². The maximum atomic E-state index is 12.3. The van der Waals surface area contributed by atoms with E-state index in [2.05, 4.69) is 16.4 Å². The number of amides is 1. The first-order chi connectivity index (χ1) is 9.70. The Morgan fingerprint density at radius 3 is 2.85 bits per heavy atom. The third-order valence-corrected chi connectivity index (χ3v) is 3.28. The molecule has 0 aromatic carbocycles. The molecule has 106 valence electrons. The van der Waals surface area contributed by atoms with E-state index >= 15 is 0 Å². The van der Waals surface area contributed by atoms with Crippen LogP contribution in [0.1, 0.15) is 19.8 Å². The summed E-state index contributed by atoms with van der Waals surface area (Å²) in [4.78, 5) is 16.4. The van der Waals surface area contributed by atoms with E-state index in [9.17, 15) is 10.1 Å². The molecule has 1 fully saturated rings. The van der Waals surface area contributed by atoms with E-state index < -0.39 is 5.41 Å². The Morgan fingerprint density at radius 2 is 2.30 bits per heavy atom. The third-order valence-electron chi connectivity index (χ3n) is 3.28. The molecule has 1 aliphatic rings. The van der Waals surface area contributed by atoms with Gasteiger partial charge in [0.2, 0.25) is 11.8 Å². The molecule has 6 heteroatoms. The number of carbonyl (C=O) groups is 1. The summed E-state index contributed by atoms with van der Waals surface area (Å²) >= 11 is 0. The van der Waals surface area contributed by atoms with Gasteiger partial charge in [-0.25, -0.2) is 4.98 Å². The average molecular weight is 275 g/mol.